The van der Waals surface area contributed by atoms with Crippen LogP contribution < -0.4 is 24.7 Å². The predicted octanol–water partition coefficient (Wildman–Crippen LogP) is 3.85. The highest BCUT2D eigenvalue weighted by Gasteiger charge is 2.25. The molecule has 0 aliphatic carbocycles. The van der Waals surface area contributed by atoms with E-state index >= 15 is 0 Å². The maximum absolute atomic E-state index is 14.3. The highest BCUT2D eigenvalue weighted by molar-refractivity contribution is 5.95. The summed E-state index contributed by atoms with van der Waals surface area (Å²) in [6.07, 6.45) is 2.46. The second-order valence-corrected chi connectivity index (χ2v) is 7.23. The summed E-state index contributed by atoms with van der Waals surface area (Å²) in [4.78, 5) is 6.53. The van der Waals surface area contributed by atoms with Crippen LogP contribution in [0, 0.1) is 5.82 Å². The highest BCUT2D eigenvalue weighted by Crippen LogP contribution is 2.48. The highest BCUT2D eigenvalue weighted by atomic mass is 19.1. The summed E-state index contributed by atoms with van der Waals surface area (Å²) < 4.78 is 37.8. The van der Waals surface area contributed by atoms with Gasteiger partial charge in [0.2, 0.25) is 5.75 Å². The van der Waals surface area contributed by atoms with Crippen LogP contribution in [0.2, 0.25) is 0 Å². The van der Waals surface area contributed by atoms with Crippen molar-refractivity contribution in [3.05, 3.63) is 42.3 Å². The summed E-state index contributed by atoms with van der Waals surface area (Å²) in [5, 5.41) is 0.601. The summed E-state index contributed by atoms with van der Waals surface area (Å²) >= 11 is 0. The number of aromatic nitrogens is 1. The molecule has 0 saturated heterocycles. The van der Waals surface area contributed by atoms with E-state index in [9.17, 15) is 4.39 Å². The maximum Gasteiger partial charge on any atom is 0.204 e. The number of nitrogens with two attached hydrogens (primary N) is 1. The Bertz CT molecular complexity index is 1060. The quantitative estimate of drug-likeness (QED) is 0.466. The number of hydrogen-bond acceptors (Lipinski definition) is 7. The Morgan fingerprint density at radius 1 is 1.07 bits per heavy atom. The van der Waals surface area contributed by atoms with Gasteiger partial charge in [-0.25, -0.2) is 4.39 Å². The van der Waals surface area contributed by atoms with E-state index in [1.54, 1.807) is 24.4 Å². The average Bonchev–Trinajstić information content (AvgIpc) is 2.73. The van der Waals surface area contributed by atoms with Crippen LogP contribution in [-0.2, 0) is 0 Å². The van der Waals surface area contributed by atoms with Crippen LogP contribution in [-0.4, -0.2) is 50.3 Å². The normalized spacial score (nSPS) is 12.9. The maximum atomic E-state index is 14.3. The van der Waals surface area contributed by atoms with Gasteiger partial charge in [-0.05, 0) is 38.7 Å². The van der Waals surface area contributed by atoms with Gasteiger partial charge in [0.1, 0.15) is 19.0 Å². The molecule has 1 aliphatic heterocycles. The molecule has 2 aromatic carbocycles. The lowest BCUT2D eigenvalue weighted by Crippen LogP contribution is -2.18. The second-order valence-electron chi connectivity index (χ2n) is 7.23. The number of nitrogen functional groups attached to an aromatic ring is 1. The van der Waals surface area contributed by atoms with Gasteiger partial charge in [0.25, 0.3) is 0 Å². The third-order valence-corrected chi connectivity index (χ3v) is 4.63. The van der Waals surface area contributed by atoms with E-state index in [-0.39, 0.29) is 5.75 Å². The summed E-state index contributed by atoms with van der Waals surface area (Å²) in [7, 11) is 4.04. The van der Waals surface area contributed by atoms with E-state index in [1.807, 2.05) is 14.1 Å². The first-order valence-corrected chi connectivity index (χ1v) is 9.74. The largest absolute Gasteiger partial charge is 0.489 e. The standard InChI is InChI=1S/C22H24FN3O4/c1-26(2)8-3-9-27-19-13-16-20(22-21(19)28-10-11-29-22)18(6-7-25-16)30-17-5-4-14(24)12-15(17)23/h4-7,12-13H,3,8-11,24H2,1-2H3. The molecule has 0 amide bonds. The minimum absolute atomic E-state index is 0.0613. The molecule has 0 bridgehead atoms. The molecule has 2 N–H and O–H groups in total. The van der Waals surface area contributed by atoms with Crippen molar-refractivity contribution in [1.29, 1.82) is 0 Å². The molecule has 0 fully saturated rings. The lowest BCUT2D eigenvalue weighted by atomic mass is 10.1. The van der Waals surface area contributed by atoms with Crippen molar-refractivity contribution >= 4 is 16.6 Å². The van der Waals surface area contributed by atoms with Gasteiger partial charge in [0.05, 0.1) is 17.5 Å². The number of rotatable bonds is 7. The summed E-state index contributed by atoms with van der Waals surface area (Å²) in [6.45, 7) is 2.25. The van der Waals surface area contributed by atoms with Gasteiger partial charge in [-0.1, -0.05) is 0 Å². The zero-order valence-corrected chi connectivity index (χ0v) is 17.0. The third kappa shape index (κ3) is 4.18. The van der Waals surface area contributed by atoms with E-state index in [2.05, 4.69) is 9.88 Å². The number of hydrogen-bond donors (Lipinski definition) is 1. The van der Waals surface area contributed by atoms with Crippen LogP contribution in [0.1, 0.15) is 6.42 Å². The van der Waals surface area contributed by atoms with Gasteiger partial charge in [-0.2, -0.15) is 0 Å². The smallest absolute Gasteiger partial charge is 0.204 e. The molecular weight excluding hydrogens is 389 g/mol. The first-order valence-electron chi connectivity index (χ1n) is 9.74. The first-order chi connectivity index (χ1) is 14.5. The Balaban J connectivity index is 1.71. The molecule has 0 saturated carbocycles. The summed E-state index contributed by atoms with van der Waals surface area (Å²) in [6, 6.07) is 7.74. The molecule has 158 valence electrons. The molecule has 0 unspecified atom stereocenters. The lowest BCUT2D eigenvalue weighted by Gasteiger charge is -2.23. The number of pyridine rings is 1. The number of fused-ring (bicyclic) bond motifs is 3. The Labute approximate surface area is 174 Å². The molecular formula is C22H24FN3O4. The Morgan fingerprint density at radius 3 is 2.63 bits per heavy atom. The zero-order valence-electron chi connectivity index (χ0n) is 17.0. The number of nitrogens with zero attached hydrogens (tertiary/aromatic N) is 2. The molecule has 0 atom stereocenters. The van der Waals surface area contributed by atoms with Crippen LogP contribution in [0.4, 0.5) is 10.1 Å². The molecule has 30 heavy (non-hydrogen) atoms. The molecule has 3 aromatic rings. The van der Waals surface area contributed by atoms with Gasteiger partial charge >= 0.3 is 0 Å². The molecule has 0 spiro atoms. The molecule has 1 aliphatic rings. The van der Waals surface area contributed by atoms with E-state index in [4.69, 9.17) is 24.7 Å². The summed E-state index contributed by atoms with van der Waals surface area (Å²) in [5.41, 5.74) is 6.56. The molecule has 0 radical (unpaired) electrons. The number of anilines is 1. The summed E-state index contributed by atoms with van der Waals surface area (Å²) in [5.74, 6) is 1.48. The van der Waals surface area contributed by atoms with E-state index < -0.39 is 5.82 Å². The van der Waals surface area contributed by atoms with Crippen molar-refractivity contribution in [2.24, 2.45) is 0 Å². The second kappa shape index (κ2) is 8.62. The first kappa shape index (κ1) is 20.0. The van der Waals surface area contributed by atoms with Crippen molar-refractivity contribution in [3.63, 3.8) is 0 Å². The molecule has 8 heteroatoms. The third-order valence-electron chi connectivity index (χ3n) is 4.63. The average molecular weight is 413 g/mol. The fraction of sp³-hybridized carbons (Fsp3) is 0.318. The molecule has 2 heterocycles. The van der Waals surface area contributed by atoms with Crippen molar-refractivity contribution < 1.29 is 23.3 Å². The fourth-order valence-corrected chi connectivity index (χ4v) is 3.25. The molecule has 7 nitrogen and oxygen atoms in total. The van der Waals surface area contributed by atoms with Crippen LogP contribution in [0.25, 0.3) is 10.9 Å². The topological polar surface area (TPSA) is 79.1 Å². The van der Waals surface area contributed by atoms with Crippen molar-refractivity contribution in [2.45, 2.75) is 6.42 Å². The zero-order chi connectivity index (χ0) is 21.1. The fourth-order valence-electron chi connectivity index (χ4n) is 3.25. The monoisotopic (exact) mass is 413 g/mol. The molecule has 4 rings (SSSR count). The minimum Gasteiger partial charge on any atom is -0.489 e. The minimum atomic E-state index is -0.549. The van der Waals surface area contributed by atoms with Gasteiger partial charge in [0.15, 0.2) is 23.1 Å². The number of ether oxygens (including phenoxy) is 4. The Hall–Kier alpha value is -3.26. The van der Waals surface area contributed by atoms with Crippen molar-refractivity contribution in [3.8, 4) is 28.7 Å². The van der Waals surface area contributed by atoms with Gasteiger partial charge in [0, 0.05) is 30.6 Å². The van der Waals surface area contributed by atoms with Crippen LogP contribution in [0.15, 0.2) is 36.5 Å². The number of benzene rings is 2. The lowest BCUT2D eigenvalue weighted by molar-refractivity contribution is 0.163. The van der Waals surface area contributed by atoms with E-state index in [0.717, 1.165) is 13.0 Å². The SMILES string of the molecule is CN(C)CCCOc1cc2nccc(Oc3ccc(N)cc3F)c2c2c1OCCO2. The predicted molar refractivity (Wildman–Crippen MR) is 112 cm³/mol. The van der Waals surface area contributed by atoms with Gasteiger partial charge in [-0.15, -0.1) is 0 Å². The van der Waals surface area contributed by atoms with Gasteiger partial charge < -0.3 is 29.6 Å². The Morgan fingerprint density at radius 2 is 1.87 bits per heavy atom. The van der Waals surface area contributed by atoms with Crippen molar-refractivity contribution in [1.82, 2.24) is 9.88 Å². The Kier molecular flexibility index (Phi) is 5.76. The molecule has 1 aromatic heterocycles. The van der Waals surface area contributed by atoms with Crippen LogP contribution in [0.3, 0.4) is 0 Å². The van der Waals surface area contributed by atoms with Gasteiger partial charge in [-0.3, -0.25) is 4.98 Å². The van der Waals surface area contributed by atoms with Crippen molar-refractivity contribution in [2.75, 3.05) is 46.2 Å². The van der Waals surface area contributed by atoms with Crippen LogP contribution in [0.5, 0.6) is 28.7 Å². The van der Waals surface area contributed by atoms with E-state index in [0.29, 0.717) is 59.4 Å². The number of halogens is 1. The van der Waals surface area contributed by atoms with E-state index in [1.165, 1.54) is 12.1 Å². The van der Waals surface area contributed by atoms with Crippen LogP contribution >= 0.6 is 0 Å².